The van der Waals surface area contributed by atoms with E-state index in [-0.39, 0.29) is 22.8 Å². The van der Waals surface area contributed by atoms with Crippen LogP contribution in [0, 0.1) is 0 Å². The molecule has 1 rings (SSSR count). The van der Waals surface area contributed by atoms with Crippen molar-refractivity contribution in [2.75, 3.05) is 20.8 Å². The molecule has 7 nitrogen and oxygen atoms in total. The molecule has 8 heteroatoms. The fourth-order valence-corrected chi connectivity index (χ4v) is 2.87. The molecule has 0 fully saturated rings. The second kappa shape index (κ2) is 6.42. The molecular formula is C13H20N2O5S. The van der Waals surface area contributed by atoms with Crippen molar-refractivity contribution in [3.8, 4) is 5.75 Å². The van der Waals surface area contributed by atoms with Crippen LogP contribution in [0.2, 0.25) is 0 Å². The van der Waals surface area contributed by atoms with Crippen LogP contribution >= 0.6 is 0 Å². The fraction of sp³-hybridized carbons (Fsp3) is 0.462. The maximum Gasteiger partial charge on any atom is 0.337 e. The van der Waals surface area contributed by atoms with E-state index in [0.717, 1.165) is 0 Å². The highest BCUT2D eigenvalue weighted by Gasteiger charge is 2.23. The average molecular weight is 316 g/mol. The molecule has 0 bridgehead atoms. The number of esters is 1. The predicted octanol–water partition coefficient (Wildman–Crippen LogP) is 0.497. The molecule has 1 aromatic carbocycles. The highest BCUT2D eigenvalue weighted by molar-refractivity contribution is 7.89. The van der Waals surface area contributed by atoms with Gasteiger partial charge in [0.05, 0.1) is 19.8 Å². The van der Waals surface area contributed by atoms with Crippen LogP contribution in [0.4, 0.5) is 0 Å². The van der Waals surface area contributed by atoms with Gasteiger partial charge in [-0.05, 0) is 32.0 Å². The van der Waals surface area contributed by atoms with E-state index in [1.807, 2.05) is 0 Å². The van der Waals surface area contributed by atoms with Gasteiger partial charge in [0, 0.05) is 12.1 Å². The first-order valence-electron chi connectivity index (χ1n) is 6.15. The van der Waals surface area contributed by atoms with Gasteiger partial charge in [-0.1, -0.05) is 0 Å². The van der Waals surface area contributed by atoms with Crippen LogP contribution in [0.3, 0.4) is 0 Å². The Morgan fingerprint density at radius 2 is 1.95 bits per heavy atom. The van der Waals surface area contributed by atoms with Crippen molar-refractivity contribution < 1.29 is 22.7 Å². The molecule has 21 heavy (non-hydrogen) atoms. The topological polar surface area (TPSA) is 108 Å². The predicted molar refractivity (Wildman–Crippen MR) is 77.8 cm³/mol. The van der Waals surface area contributed by atoms with Crippen LogP contribution in [-0.2, 0) is 14.8 Å². The normalized spacial score (nSPS) is 12.0. The minimum absolute atomic E-state index is 0.0558. The van der Waals surface area contributed by atoms with Crippen LogP contribution in [0.15, 0.2) is 23.1 Å². The number of hydrogen-bond donors (Lipinski definition) is 2. The summed E-state index contributed by atoms with van der Waals surface area (Å²) in [6.45, 7) is 3.47. The first kappa shape index (κ1) is 17.4. The Hall–Kier alpha value is -1.64. The van der Waals surface area contributed by atoms with E-state index < -0.39 is 21.5 Å². The van der Waals surface area contributed by atoms with E-state index in [9.17, 15) is 13.2 Å². The smallest absolute Gasteiger partial charge is 0.337 e. The number of carbonyl (C=O) groups is 1. The number of rotatable bonds is 6. The van der Waals surface area contributed by atoms with Gasteiger partial charge < -0.3 is 15.2 Å². The Morgan fingerprint density at radius 3 is 2.43 bits per heavy atom. The number of nitrogens with one attached hydrogen (secondary N) is 1. The number of ether oxygens (including phenoxy) is 2. The summed E-state index contributed by atoms with van der Waals surface area (Å²) in [5, 5.41) is 0. The van der Waals surface area contributed by atoms with Crippen molar-refractivity contribution in [1.82, 2.24) is 4.72 Å². The molecule has 0 aliphatic carbocycles. The highest BCUT2D eigenvalue weighted by atomic mass is 32.2. The Kier molecular flexibility index (Phi) is 5.32. The molecule has 0 aliphatic heterocycles. The molecule has 118 valence electrons. The molecule has 0 spiro atoms. The summed E-state index contributed by atoms with van der Waals surface area (Å²) in [7, 11) is -1.23. The van der Waals surface area contributed by atoms with Crippen LogP contribution in [0.1, 0.15) is 24.2 Å². The van der Waals surface area contributed by atoms with Gasteiger partial charge in [0.1, 0.15) is 10.6 Å². The first-order valence-corrected chi connectivity index (χ1v) is 7.64. The monoisotopic (exact) mass is 316 g/mol. The lowest BCUT2D eigenvalue weighted by atomic mass is 10.1. The number of benzene rings is 1. The summed E-state index contributed by atoms with van der Waals surface area (Å²) in [4.78, 5) is 11.4. The summed E-state index contributed by atoms with van der Waals surface area (Å²) in [5.74, 6) is -0.520. The second-order valence-electron chi connectivity index (χ2n) is 5.17. The lowest BCUT2D eigenvalue weighted by Crippen LogP contribution is -2.45. The van der Waals surface area contributed by atoms with Gasteiger partial charge in [-0.15, -0.1) is 0 Å². The quantitative estimate of drug-likeness (QED) is 0.740. The van der Waals surface area contributed by atoms with Gasteiger partial charge >= 0.3 is 5.97 Å². The zero-order valence-electron chi connectivity index (χ0n) is 12.5. The number of nitrogens with two attached hydrogens (primary N) is 1. The van der Waals surface area contributed by atoms with Crippen molar-refractivity contribution in [2.24, 2.45) is 5.73 Å². The largest absolute Gasteiger partial charge is 0.495 e. The Labute approximate surface area is 124 Å². The summed E-state index contributed by atoms with van der Waals surface area (Å²) < 4.78 is 36.5. The van der Waals surface area contributed by atoms with Crippen molar-refractivity contribution >= 4 is 16.0 Å². The van der Waals surface area contributed by atoms with E-state index in [0.29, 0.717) is 0 Å². The zero-order chi connectivity index (χ0) is 16.3. The van der Waals surface area contributed by atoms with E-state index in [2.05, 4.69) is 9.46 Å². The standard InChI is InChI=1S/C13H20N2O5S/c1-13(2,14)8-15-21(17,18)11-6-5-9(12(16)20-4)7-10(11)19-3/h5-7,15H,8,14H2,1-4H3. The van der Waals surface area contributed by atoms with Crippen LogP contribution in [0.25, 0.3) is 0 Å². The molecular weight excluding hydrogens is 296 g/mol. The molecule has 0 saturated carbocycles. The third-order valence-corrected chi connectivity index (χ3v) is 4.03. The highest BCUT2D eigenvalue weighted by Crippen LogP contribution is 2.25. The molecule has 0 radical (unpaired) electrons. The van der Waals surface area contributed by atoms with Gasteiger partial charge in [-0.25, -0.2) is 17.9 Å². The second-order valence-corrected chi connectivity index (χ2v) is 6.91. The molecule has 0 saturated heterocycles. The van der Waals surface area contributed by atoms with E-state index in [1.54, 1.807) is 13.8 Å². The molecule has 0 unspecified atom stereocenters. The van der Waals surface area contributed by atoms with Gasteiger partial charge in [-0.3, -0.25) is 0 Å². The number of sulfonamides is 1. The third-order valence-electron chi connectivity index (χ3n) is 2.59. The van der Waals surface area contributed by atoms with Crippen LogP contribution in [0.5, 0.6) is 5.75 Å². The minimum Gasteiger partial charge on any atom is -0.495 e. The van der Waals surface area contributed by atoms with Crippen molar-refractivity contribution in [2.45, 2.75) is 24.3 Å². The Balaban J connectivity index is 3.15. The van der Waals surface area contributed by atoms with Crippen molar-refractivity contribution in [1.29, 1.82) is 0 Å². The molecule has 0 amide bonds. The lowest BCUT2D eigenvalue weighted by Gasteiger charge is -2.19. The van der Waals surface area contributed by atoms with Gasteiger partial charge in [-0.2, -0.15) is 0 Å². The maximum atomic E-state index is 12.2. The van der Waals surface area contributed by atoms with Crippen molar-refractivity contribution in [3.63, 3.8) is 0 Å². The fourth-order valence-electron chi connectivity index (χ4n) is 1.49. The average Bonchev–Trinajstić information content (AvgIpc) is 2.43. The first-order chi connectivity index (χ1) is 9.60. The molecule has 0 aliphatic rings. The van der Waals surface area contributed by atoms with E-state index >= 15 is 0 Å². The maximum absolute atomic E-state index is 12.2. The third kappa shape index (κ3) is 4.69. The molecule has 3 N–H and O–H groups in total. The van der Waals surface area contributed by atoms with E-state index in [4.69, 9.17) is 10.5 Å². The number of hydrogen-bond acceptors (Lipinski definition) is 6. The van der Waals surface area contributed by atoms with Crippen LogP contribution in [-0.4, -0.2) is 40.7 Å². The zero-order valence-corrected chi connectivity index (χ0v) is 13.3. The molecule has 0 atom stereocenters. The summed E-state index contributed by atoms with van der Waals surface area (Å²) in [5.41, 5.74) is 5.27. The Morgan fingerprint density at radius 1 is 1.33 bits per heavy atom. The van der Waals surface area contributed by atoms with Gasteiger partial charge in [0.25, 0.3) is 0 Å². The number of carbonyl (C=O) groups excluding carboxylic acids is 1. The minimum atomic E-state index is -3.79. The van der Waals surface area contributed by atoms with E-state index in [1.165, 1.54) is 32.4 Å². The molecule has 1 aromatic rings. The Bertz CT molecular complexity index is 620. The van der Waals surface area contributed by atoms with Gasteiger partial charge in [0.15, 0.2) is 0 Å². The number of methoxy groups -OCH3 is 2. The SMILES string of the molecule is COC(=O)c1ccc(S(=O)(=O)NCC(C)(C)N)c(OC)c1. The lowest BCUT2D eigenvalue weighted by molar-refractivity contribution is 0.0600. The summed E-state index contributed by atoms with van der Waals surface area (Å²) >= 11 is 0. The summed E-state index contributed by atoms with van der Waals surface area (Å²) in [6, 6.07) is 3.96. The molecule has 0 heterocycles. The van der Waals surface area contributed by atoms with Crippen molar-refractivity contribution in [3.05, 3.63) is 23.8 Å². The molecule has 0 aromatic heterocycles. The van der Waals surface area contributed by atoms with Crippen LogP contribution < -0.4 is 15.2 Å². The van der Waals surface area contributed by atoms with Gasteiger partial charge in [0.2, 0.25) is 10.0 Å². The summed E-state index contributed by atoms with van der Waals surface area (Å²) in [6.07, 6.45) is 0.